The van der Waals surface area contributed by atoms with Gasteiger partial charge >= 0.3 is 0 Å². The van der Waals surface area contributed by atoms with Gasteiger partial charge < -0.3 is 21.1 Å². The highest BCUT2D eigenvalue weighted by Gasteiger charge is 2.34. The number of nitrogens with zero attached hydrogens (tertiary/aromatic N) is 2. The number of rotatable bonds is 8. The van der Waals surface area contributed by atoms with E-state index in [1.54, 1.807) is 6.20 Å². The smallest absolute Gasteiger partial charge is 0.254 e. The van der Waals surface area contributed by atoms with Gasteiger partial charge in [0.25, 0.3) is 5.91 Å². The third kappa shape index (κ3) is 4.57. The Labute approximate surface area is 167 Å². The molecule has 28 heavy (non-hydrogen) atoms. The third-order valence-electron chi connectivity index (χ3n) is 6.59. The van der Waals surface area contributed by atoms with Crippen molar-refractivity contribution in [2.75, 3.05) is 10.6 Å². The zero-order valence-corrected chi connectivity index (χ0v) is 16.9. The van der Waals surface area contributed by atoms with Crippen LogP contribution in [0, 0.1) is 0 Å². The number of carbonyl (C=O) groups is 1. The molecular formula is C21H33N5O2. The summed E-state index contributed by atoms with van der Waals surface area (Å²) in [7, 11) is 0. The summed E-state index contributed by atoms with van der Waals surface area (Å²) in [5.74, 6) is 0.652. The van der Waals surface area contributed by atoms with Gasteiger partial charge in [0.2, 0.25) is 5.95 Å². The minimum atomic E-state index is -0.490. The van der Waals surface area contributed by atoms with E-state index < -0.39 is 5.91 Å². The summed E-state index contributed by atoms with van der Waals surface area (Å²) < 4.78 is 6.04. The van der Waals surface area contributed by atoms with Gasteiger partial charge in [0, 0.05) is 17.8 Å². The Kier molecular flexibility index (Phi) is 5.71. The molecule has 0 radical (unpaired) electrons. The first-order valence-corrected chi connectivity index (χ1v) is 10.9. The van der Waals surface area contributed by atoms with Crippen LogP contribution in [0.25, 0.3) is 0 Å². The maximum absolute atomic E-state index is 11.9. The second-order valence-corrected chi connectivity index (χ2v) is 8.74. The molecule has 1 aromatic heterocycles. The van der Waals surface area contributed by atoms with Crippen LogP contribution in [0.1, 0.15) is 87.9 Å². The van der Waals surface area contributed by atoms with E-state index in [4.69, 9.17) is 10.5 Å². The number of hydrogen-bond acceptors (Lipinski definition) is 6. The molecule has 0 aromatic carbocycles. The molecule has 0 unspecified atom stereocenters. The predicted octanol–water partition coefficient (Wildman–Crippen LogP) is 3.61. The van der Waals surface area contributed by atoms with Crippen molar-refractivity contribution in [1.82, 2.24) is 9.97 Å². The van der Waals surface area contributed by atoms with Crippen LogP contribution in [0.15, 0.2) is 6.20 Å². The lowest BCUT2D eigenvalue weighted by Gasteiger charge is -2.31. The molecule has 3 aliphatic rings. The third-order valence-corrected chi connectivity index (χ3v) is 6.59. The maximum atomic E-state index is 11.9. The Morgan fingerprint density at radius 2 is 1.82 bits per heavy atom. The number of aromatic nitrogens is 2. The maximum Gasteiger partial charge on any atom is 0.254 e. The van der Waals surface area contributed by atoms with Crippen LogP contribution in [-0.2, 0) is 4.74 Å². The van der Waals surface area contributed by atoms with Gasteiger partial charge in [-0.3, -0.25) is 4.79 Å². The van der Waals surface area contributed by atoms with Crippen molar-refractivity contribution in [3.63, 3.8) is 0 Å². The molecule has 1 amide bonds. The second-order valence-electron chi connectivity index (χ2n) is 8.74. The standard InChI is InChI=1S/C21H33N5O2/c1-2-21(11-3-4-12-21)26-19-17(18(22)27)13-23-20(25-19)24-14-5-7-15(8-6-14)28-16-9-10-16/h13-16H,2-12H2,1H3,(H2,22,27)(H2,23,24,25,26)/t14-,15-. The normalized spacial score (nSPS) is 26.8. The lowest BCUT2D eigenvalue weighted by atomic mass is 9.93. The van der Waals surface area contributed by atoms with E-state index in [9.17, 15) is 4.79 Å². The van der Waals surface area contributed by atoms with Crippen LogP contribution in [0.3, 0.4) is 0 Å². The van der Waals surface area contributed by atoms with Crippen molar-refractivity contribution in [1.29, 1.82) is 0 Å². The van der Waals surface area contributed by atoms with Crippen molar-refractivity contribution in [2.24, 2.45) is 5.73 Å². The average molecular weight is 388 g/mol. The van der Waals surface area contributed by atoms with Gasteiger partial charge in [-0.15, -0.1) is 0 Å². The van der Waals surface area contributed by atoms with E-state index >= 15 is 0 Å². The number of nitrogens with two attached hydrogens (primary N) is 1. The summed E-state index contributed by atoms with van der Waals surface area (Å²) in [6.07, 6.45) is 14.8. The van der Waals surface area contributed by atoms with Crippen molar-refractivity contribution >= 4 is 17.7 Å². The molecule has 0 saturated heterocycles. The highest BCUT2D eigenvalue weighted by molar-refractivity contribution is 5.97. The van der Waals surface area contributed by atoms with Crippen LogP contribution >= 0.6 is 0 Å². The molecular weight excluding hydrogens is 354 g/mol. The van der Waals surface area contributed by atoms with Gasteiger partial charge in [0.15, 0.2) is 0 Å². The molecule has 3 aliphatic carbocycles. The van der Waals surface area contributed by atoms with Crippen LogP contribution < -0.4 is 16.4 Å². The molecule has 4 N–H and O–H groups in total. The largest absolute Gasteiger partial charge is 0.375 e. The van der Waals surface area contributed by atoms with Gasteiger partial charge in [-0.1, -0.05) is 19.8 Å². The van der Waals surface area contributed by atoms with Crippen molar-refractivity contribution in [3.05, 3.63) is 11.8 Å². The number of hydrogen-bond donors (Lipinski definition) is 3. The summed E-state index contributed by atoms with van der Waals surface area (Å²) in [6.45, 7) is 2.19. The number of carbonyl (C=O) groups excluding carboxylic acids is 1. The fraction of sp³-hybridized carbons (Fsp3) is 0.762. The topological polar surface area (TPSA) is 102 Å². The van der Waals surface area contributed by atoms with Crippen LogP contribution in [0.2, 0.25) is 0 Å². The molecule has 0 bridgehead atoms. The molecule has 3 fully saturated rings. The SMILES string of the molecule is CCC1(Nc2nc(N[C@H]3CC[C@H](OC4CC4)CC3)ncc2C(N)=O)CCCC1. The Morgan fingerprint density at radius 1 is 1.18 bits per heavy atom. The second kappa shape index (κ2) is 8.23. The van der Waals surface area contributed by atoms with Gasteiger partial charge in [-0.05, 0) is 57.8 Å². The van der Waals surface area contributed by atoms with Gasteiger partial charge in [-0.2, -0.15) is 4.98 Å². The molecule has 4 rings (SSSR count). The zero-order valence-electron chi connectivity index (χ0n) is 16.9. The Bertz CT molecular complexity index is 692. The minimum absolute atomic E-state index is 0.00797. The van der Waals surface area contributed by atoms with Crippen LogP contribution in [0.4, 0.5) is 11.8 Å². The fourth-order valence-electron chi connectivity index (χ4n) is 4.60. The van der Waals surface area contributed by atoms with E-state index in [0.29, 0.717) is 35.6 Å². The van der Waals surface area contributed by atoms with Crippen molar-refractivity contribution in [3.8, 4) is 0 Å². The molecule has 0 aliphatic heterocycles. The summed E-state index contributed by atoms with van der Waals surface area (Å²) in [4.78, 5) is 20.9. The molecule has 3 saturated carbocycles. The lowest BCUT2D eigenvalue weighted by molar-refractivity contribution is 0.0146. The first kappa shape index (κ1) is 19.4. The molecule has 1 heterocycles. The molecule has 7 nitrogen and oxygen atoms in total. The number of ether oxygens (including phenoxy) is 1. The first-order chi connectivity index (χ1) is 13.6. The fourth-order valence-corrected chi connectivity index (χ4v) is 4.60. The Balaban J connectivity index is 1.42. The average Bonchev–Trinajstić information content (AvgIpc) is 3.38. The van der Waals surface area contributed by atoms with Crippen molar-refractivity contribution < 1.29 is 9.53 Å². The number of primary amides is 1. The molecule has 7 heteroatoms. The lowest BCUT2D eigenvalue weighted by Crippen LogP contribution is -2.36. The summed E-state index contributed by atoms with van der Waals surface area (Å²) in [5, 5.41) is 7.02. The van der Waals surface area contributed by atoms with Gasteiger partial charge in [0.05, 0.1) is 17.8 Å². The number of anilines is 2. The molecule has 0 spiro atoms. The molecule has 0 atom stereocenters. The van der Waals surface area contributed by atoms with E-state index in [1.165, 1.54) is 25.7 Å². The van der Waals surface area contributed by atoms with E-state index in [2.05, 4.69) is 27.5 Å². The van der Waals surface area contributed by atoms with Gasteiger partial charge in [0.1, 0.15) is 5.82 Å². The number of amides is 1. The van der Waals surface area contributed by atoms with E-state index in [-0.39, 0.29) is 5.54 Å². The quantitative estimate of drug-likeness (QED) is 0.630. The van der Waals surface area contributed by atoms with Crippen LogP contribution in [0.5, 0.6) is 0 Å². The summed E-state index contributed by atoms with van der Waals surface area (Å²) in [5.41, 5.74) is 5.95. The summed E-state index contributed by atoms with van der Waals surface area (Å²) in [6, 6.07) is 0.345. The van der Waals surface area contributed by atoms with E-state index in [0.717, 1.165) is 44.9 Å². The first-order valence-electron chi connectivity index (χ1n) is 10.9. The van der Waals surface area contributed by atoms with Gasteiger partial charge in [-0.25, -0.2) is 4.98 Å². The van der Waals surface area contributed by atoms with E-state index in [1.807, 2.05) is 0 Å². The predicted molar refractivity (Wildman–Crippen MR) is 109 cm³/mol. The van der Waals surface area contributed by atoms with Crippen LogP contribution in [-0.4, -0.2) is 39.7 Å². The summed E-state index contributed by atoms with van der Waals surface area (Å²) >= 11 is 0. The molecule has 1 aromatic rings. The zero-order chi connectivity index (χ0) is 19.6. The Hall–Kier alpha value is -1.89. The molecule has 154 valence electrons. The highest BCUT2D eigenvalue weighted by Crippen LogP contribution is 2.36. The highest BCUT2D eigenvalue weighted by atomic mass is 16.5. The number of nitrogens with one attached hydrogen (secondary N) is 2. The minimum Gasteiger partial charge on any atom is -0.375 e. The Morgan fingerprint density at radius 3 is 2.39 bits per heavy atom. The monoisotopic (exact) mass is 387 g/mol. The van der Waals surface area contributed by atoms with Crippen molar-refractivity contribution in [2.45, 2.75) is 101 Å².